The molecule has 164 valence electrons. The molecule has 0 unspecified atom stereocenters. The number of ether oxygens (including phenoxy) is 1. The Bertz CT molecular complexity index is 1130. The summed E-state index contributed by atoms with van der Waals surface area (Å²) in [7, 11) is 1.77. The monoisotopic (exact) mass is 457 g/mol. The van der Waals surface area contributed by atoms with Gasteiger partial charge in [0, 0.05) is 13.5 Å². The van der Waals surface area contributed by atoms with Crippen molar-refractivity contribution < 1.29 is 14.2 Å². The lowest BCUT2D eigenvalue weighted by molar-refractivity contribution is -0.871. The smallest absolute Gasteiger partial charge is 0.145 e. The number of hydrogen-bond donors (Lipinski definition) is 2. The molecule has 0 bridgehead atoms. The van der Waals surface area contributed by atoms with Gasteiger partial charge in [0.15, 0.2) is 0 Å². The van der Waals surface area contributed by atoms with Crippen molar-refractivity contribution in [1.29, 1.82) is 0 Å². The van der Waals surface area contributed by atoms with E-state index in [9.17, 15) is 0 Å². The Morgan fingerprint density at radius 1 is 1.23 bits per heavy atom. The Balaban J connectivity index is 1.76. The van der Waals surface area contributed by atoms with Crippen LogP contribution in [0.5, 0.6) is 0 Å². The van der Waals surface area contributed by atoms with E-state index in [4.69, 9.17) is 26.2 Å². The Morgan fingerprint density at radius 2 is 1.94 bits per heavy atom. The number of nitrogens with one attached hydrogen (secondary N) is 2. The summed E-state index contributed by atoms with van der Waals surface area (Å²) in [5.74, 6) is 0.943. The fraction of sp³-hybridized carbons (Fsp3) is 0.435. The molecule has 1 aromatic carbocycles. The first-order valence-corrected chi connectivity index (χ1v) is 13.5. The highest BCUT2D eigenvalue weighted by atomic mass is 32.4. The van der Waals surface area contributed by atoms with E-state index in [2.05, 4.69) is 37.4 Å². The molecule has 2 N–H and O–H groups in total. The highest BCUT2D eigenvalue weighted by molar-refractivity contribution is 8.18. The van der Waals surface area contributed by atoms with Crippen LogP contribution in [-0.2, 0) is 21.1 Å². The molecule has 5 rings (SSSR count). The maximum atomic E-state index is 6.43. The van der Waals surface area contributed by atoms with Gasteiger partial charge in [0.2, 0.25) is 0 Å². The molecule has 0 amide bonds. The molecule has 3 heterocycles. The van der Waals surface area contributed by atoms with Gasteiger partial charge in [-0.15, -0.1) is 0 Å². The predicted octanol–water partition coefficient (Wildman–Crippen LogP) is 2.71. The molecule has 3 aliphatic rings. The Labute approximate surface area is 189 Å². The average Bonchev–Trinajstić information content (AvgIpc) is 3.10. The van der Waals surface area contributed by atoms with Crippen molar-refractivity contribution in [3.05, 3.63) is 58.8 Å². The standard InChI is InChI=1S/C23H29N4O2PS/c1-16-20-22(27(25-16)17-8-6-5-7-9-17)24-18-14-23(2,3)15-19(21(18)30(20,31)28-4)26-10-12-29-13-11-26/h5-9,14,24H,10-13,15H2,1-4H3/p+1/t30-/m0/s1. The van der Waals surface area contributed by atoms with Crippen LogP contribution < -0.4 is 15.5 Å². The van der Waals surface area contributed by atoms with E-state index in [1.807, 2.05) is 29.8 Å². The van der Waals surface area contributed by atoms with E-state index in [0.717, 1.165) is 60.9 Å². The van der Waals surface area contributed by atoms with E-state index in [1.54, 1.807) is 7.11 Å². The van der Waals surface area contributed by atoms with Crippen molar-refractivity contribution in [1.82, 2.24) is 9.78 Å². The third-order valence-corrected chi connectivity index (χ3v) is 10.6. The van der Waals surface area contributed by atoms with Gasteiger partial charge in [-0.1, -0.05) is 49.9 Å². The lowest BCUT2D eigenvalue weighted by Gasteiger charge is -2.41. The number of fused-ring (bicyclic) bond motifs is 2. The van der Waals surface area contributed by atoms with Crippen molar-refractivity contribution in [3.63, 3.8) is 0 Å². The normalized spacial score (nSPS) is 25.5. The number of anilines is 1. The second kappa shape index (κ2) is 7.68. The molecule has 1 aromatic heterocycles. The van der Waals surface area contributed by atoms with Crippen LogP contribution in [-0.4, -0.2) is 43.2 Å². The van der Waals surface area contributed by atoms with Crippen molar-refractivity contribution in [2.45, 2.75) is 27.2 Å². The van der Waals surface area contributed by atoms with Crippen LogP contribution in [0, 0.1) is 12.3 Å². The Morgan fingerprint density at radius 3 is 2.61 bits per heavy atom. The molecule has 6 nitrogen and oxygen atoms in total. The fourth-order valence-electron chi connectivity index (χ4n) is 5.02. The molecule has 1 atom stereocenters. The van der Waals surface area contributed by atoms with Crippen LogP contribution in [0.1, 0.15) is 26.0 Å². The van der Waals surface area contributed by atoms with Gasteiger partial charge >= 0.3 is 0 Å². The molecule has 2 aromatic rings. The van der Waals surface area contributed by atoms with Gasteiger partial charge in [0.25, 0.3) is 0 Å². The molecule has 0 spiro atoms. The first-order valence-electron chi connectivity index (χ1n) is 10.8. The van der Waals surface area contributed by atoms with Gasteiger partial charge in [-0.3, -0.25) is 0 Å². The third-order valence-electron chi connectivity index (χ3n) is 6.36. The molecular weight excluding hydrogens is 427 g/mol. The summed E-state index contributed by atoms with van der Waals surface area (Å²) in [5, 5.41) is 10.9. The van der Waals surface area contributed by atoms with Crippen LogP contribution in [0.4, 0.5) is 5.82 Å². The van der Waals surface area contributed by atoms with Gasteiger partial charge in [-0.25, -0.2) is 4.68 Å². The molecule has 2 aliphatic heterocycles. The number of benzene rings is 1. The van der Waals surface area contributed by atoms with E-state index in [1.165, 1.54) is 15.9 Å². The molecule has 8 heteroatoms. The Kier molecular flexibility index (Phi) is 5.23. The molecule has 31 heavy (non-hydrogen) atoms. The van der Waals surface area contributed by atoms with Gasteiger partial charge in [0.05, 0.1) is 40.9 Å². The minimum absolute atomic E-state index is 0.0323. The molecule has 1 saturated heterocycles. The highest BCUT2D eigenvalue weighted by Crippen LogP contribution is 2.63. The first kappa shape index (κ1) is 21.1. The van der Waals surface area contributed by atoms with Crippen molar-refractivity contribution in [3.8, 4) is 5.69 Å². The van der Waals surface area contributed by atoms with Gasteiger partial charge in [-0.05, 0) is 24.5 Å². The topological polar surface area (TPSA) is 52.8 Å². The fourth-order valence-corrected chi connectivity index (χ4v) is 8.82. The van der Waals surface area contributed by atoms with Crippen LogP contribution in [0.2, 0.25) is 0 Å². The van der Waals surface area contributed by atoms with Crippen LogP contribution in [0.3, 0.4) is 0 Å². The van der Waals surface area contributed by atoms with Crippen molar-refractivity contribution >= 4 is 29.2 Å². The lowest BCUT2D eigenvalue weighted by Crippen LogP contribution is -3.12. The zero-order chi connectivity index (χ0) is 21.8. The number of allylic oxidation sites excluding steroid dienone is 3. The van der Waals surface area contributed by atoms with Crippen LogP contribution in [0.15, 0.2) is 53.1 Å². The summed E-state index contributed by atoms with van der Waals surface area (Å²) < 4.78 is 13.9. The zero-order valence-corrected chi connectivity index (χ0v) is 20.3. The summed E-state index contributed by atoms with van der Waals surface area (Å²) in [5.41, 5.74) is 4.47. The number of para-hydroxylation sites is 1. The summed E-state index contributed by atoms with van der Waals surface area (Å²) in [6.45, 7) is 10.1. The summed E-state index contributed by atoms with van der Waals surface area (Å²) in [6, 6.07) is 10.2. The molecule has 1 aliphatic carbocycles. The van der Waals surface area contributed by atoms with Gasteiger partial charge in [0.1, 0.15) is 30.9 Å². The number of morpholine rings is 1. The average molecular weight is 458 g/mol. The minimum atomic E-state index is -2.50. The third kappa shape index (κ3) is 3.43. The minimum Gasteiger partial charge on any atom is -0.370 e. The predicted molar refractivity (Wildman–Crippen MR) is 128 cm³/mol. The number of quaternary nitrogens is 1. The second-order valence-corrected chi connectivity index (χ2v) is 13.1. The molecular formula is C23H30N4O2PS+. The summed E-state index contributed by atoms with van der Waals surface area (Å²) in [4.78, 5) is 1.48. The number of aromatic nitrogens is 2. The summed E-state index contributed by atoms with van der Waals surface area (Å²) in [6.07, 6.45) is 0.823. The Hall–Kier alpha value is -1.76. The number of aryl methyl sites for hydroxylation is 1. The van der Waals surface area contributed by atoms with Crippen molar-refractivity contribution in [2.75, 3.05) is 38.7 Å². The van der Waals surface area contributed by atoms with E-state index in [-0.39, 0.29) is 5.41 Å². The molecule has 1 fully saturated rings. The van der Waals surface area contributed by atoms with Crippen LogP contribution >= 0.6 is 6.26 Å². The maximum absolute atomic E-state index is 6.43. The number of rotatable bonds is 3. The first-order chi connectivity index (χ1) is 14.8. The highest BCUT2D eigenvalue weighted by Gasteiger charge is 2.47. The summed E-state index contributed by atoms with van der Waals surface area (Å²) >= 11 is 6.43. The SMILES string of the molecule is CO[P@@]1(=S)C2=C([NH+]3CCOCC3)CC(C)(C)C=C2Nc2c1c(C)nn2-c1ccccc1. The van der Waals surface area contributed by atoms with Gasteiger partial charge < -0.3 is 19.5 Å². The lowest BCUT2D eigenvalue weighted by atomic mass is 9.82. The zero-order valence-electron chi connectivity index (χ0n) is 18.6. The number of hydrogen-bond acceptors (Lipinski definition) is 5. The van der Waals surface area contributed by atoms with E-state index >= 15 is 0 Å². The maximum Gasteiger partial charge on any atom is 0.145 e. The van der Waals surface area contributed by atoms with E-state index in [0.29, 0.717) is 0 Å². The molecule has 0 saturated carbocycles. The van der Waals surface area contributed by atoms with Crippen molar-refractivity contribution in [2.24, 2.45) is 5.41 Å². The largest absolute Gasteiger partial charge is 0.370 e. The molecule has 0 radical (unpaired) electrons. The second-order valence-electron chi connectivity index (χ2n) is 9.16. The van der Waals surface area contributed by atoms with Gasteiger partial charge in [-0.2, -0.15) is 5.10 Å². The van der Waals surface area contributed by atoms with Crippen LogP contribution in [0.25, 0.3) is 5.69 Å². The van der Waals surface area contributed by atoms with E-state index < -0.39 is 6.26 Å². The quantitative estimate of drug-likeness (QED) is 0.695. The number of nitrogens with zero attached hydrogens (tertiary/aromatic N) is 2.